The molecule has 3 rings (SSSR count). The third kappa shape index (κ3) is 6.21. The van der Waals surface area contributed by atoms with Crippen LogP contribution in [0.15, 0.2) is 30.6 Å². The van der Waals surface area contributed by atoms with Crippen molar-refractivity contribution in [2.45, 2.75) is 26.3 Å². The van der Waals surface area contributed by atoms with Gasteiger partial charge < -0.3 is 24.4 Å². The first-order valence-electron chi connectivity index (χ1n) is 9.29. The van der Waals surface area contributed by atoms with E-state index < -0.39 is 6.36 Å². The van der Waals surface area contributed by atoms with Gasteiger partial charge in [0.15, 0.2) is 0 Å². The Bertz CT molecular complexity index is 856. The summed E-state index contributed by atoms with van der Waals surface area (Å²) in [6, 6.07) is 4.01. The van der Waals surface area contributed by atoms with Crippen molar-refractivity contribution in [1.29, 1.82) is 0 Å². The van der Waals surface area contributed by atoms with Gasteiger partial charge in [-0.15, -0.1) is 13.2 Å². The van der Waals surface area contributed by atoms with E-state index in [0.717, 1.165) is 6.42 Å². The van der Waals surface area contributed by atoms with Crippen molar-refractivity contribution in [1.82, 2.24) is 14.9 Å². The first-order chi connectivity index (χ1) is 14.3. The van der Waals surface area contributed by atoms with E-state index in [-0.39, 0.29) is 36.6 Å². The number of benzene rings is 1. The molecule has 0 saturated carbocycles. The quantitative estimate of drug-likeness (QED) is 0.728. The topological polar surface area (TPSA) is 85.8 Å². The third-order valence-corrected chi connectivity index (χ3v) is 4.08. The number of nitrogens with zero attached hydrogens (tertiary/aromatic N) is 3. The molecule has 30 heavy (non-hydrogen) atoms. The summed E-state index contributed by atoms with van der Waals surface area (Å²) in [6.45, 7) is 3.62. The van der Waals surface area contributed by atoms with Gasteiger partial charge in [0.1, 0.15) is 18.2 Å². The van der Waals surface area contributed by atoms with Gasteiger partial charge in [-0.05, 0) is 31.0 Å². The smallest absolute Gasteiger partial charge is 0.494 e. The molecule has 11 heteroatoms. The summed E-state index contributed by atoms with van der Waals surface area (Å²) in [7, 11) is 0. The first kappa shape index (κ1) is 21.6. The van der Waals surface area contributed by atoms with Crippen LogP contribution in [0.4, 0.5) is 19.1 Å². The molecule has 0 radical (unpaired) electrons. The van der Waals surface area contributed by atoms with Crippen molar-refractivity contribution in [2.24, 2.45) is 0 Å². The fourth-order valence-corrected chi connectivity index (χ4v) is 2.83. The second kappa shape index (κ2) is 9.61. The summed E-state index contributed by atoms with van der Waals surface area (Å²) in [5.41, 5.74) is 0.805. The number of amides is 1. The maximum Gasteiger partial charge on any atom is 0.573 e. The van der Waals surface area contributed by atoms with Crippen LogP contribution in [0.3, 0.4) is 0 Å². The Morgan fingerprint density at radius 3 is 2.60 bits per heavy atom. The maximum atomic E-state index is 12.5. The Balaban J connectivity index is 1.65. The van der Waals surface area contributed by atoms with E-state index >= 15 is 0 Å². The van der Waals surface area contributed by atoms with Crippen LogP contribution in [0.5, 0.6) is 11.5 Å². The van der Waals surface area contributed by atoms with Crippen LogP contribution < -0.4 is 14.8 Å². The largest absolute Gasteiger partial charge is 0.573 e. The van der Waals surface area contributed by atoms with Gasteiger partial charge in [0.2, 0.25) is 5.95 Å². The van der Waals surface area contributed by atoms with Crippen LogP contribution in [-0.4, -0.2) is 53.6 Å². The van der Waals surface area contributed by atoms with Gasteiger partial charge >= 0.3 is 6.36 Å². The van der Waals surface area contributed by atoms with Crippen LogP contribution in [0.25, 0.3) is 0 Å². The molecular weight excluding hydrogens is 405 g/mol. The second-order valence-corrected chi connectivity index (χ2v) is 6.40. The predicted octanol–water partition coefficient (Wildman–Crippen LogP) is 3.21. The van der Waals surface area contributed by atoms with Crippen LogP contribution in [0.2, 0.25) is 0 Å². The summed E-state index contributed by atoms with van der Waals surface area (Å²) in [4.78, 5) is 22.1. The van der Waals surface area contributed by atoms with E-state index in [0.29, 0.717) is 30.9 Å². The predicted molar refractivity (Wildman–Crippen MR) is 100 cm³/mol. The number of anilines is 1. The summed E-state index contributed by atoms with van der Waals surface area (Å²) in [6.07, 6.45) is -1.25. The average Bonchev–Trinajstić information content (AvgIpc) is 2.72. The van der Waals surface area contributed by atoms with E-state index in [1.165, 1.54) is 24.5 Å². The molecule has 0 atom stereocenters. The van der Waals surface area contributed by atoms with Crippen LogP contribution >= 0.6 is 0 Å². The Labute approximate surface area is 171 Å². The lowest BCUT2D eigenvalue weighted by atomic mass is 10.2. The molecule has 0 aliphatic carbocycles. The summed E-state index contributed by atoms with van der Waals surface area (Å²) < 4.78 is 52.2. The highest BCUT2D eigenvalue weighted by Gasteiger charge is 2.31. The van der Waals surface area contributed by atoms with Gasteiger partial charge in [-0.25, -0.2) is 9.97 Å². The molecule has 1 N–H and O–H groups in total. The number of nitrogens with one attached hydrogen (secondary N) is 1. The fraction of sp³-hybridized carbons (Fsp3) is 0.421. The van der Waals surface area contributed by atoms with E-state index in [9.17, 15) is 18.0 Å². The number of halogens is 3. The van der Waals surface area contributed by atoms with Crippen molar-refractivity contribution in [3.8, 4) is 11.5 Å². The number of rotatable bonds is 7. The van der Waals surface area contributed by atoms with Gasteiger partial charge in [-0.2, -0.15) is 0 Å². The van der Waals surface area contributed by atoms with Crippen LogP contribution in [-0.2, 0) is 11.3 Å². The number of hydrogen-bond acceptors (Lipinski definition) is 7. The van der Waals surface area contributed by atoms with E-state index in [2.05, 4.69) is 20.0 Å². The van der Waals surface area contributed by atoms with Crippen molar-refractivity contribution >= 4 is 11.9 Å². The monoisotopic (exact) mass is 426 g/mol. The van der Waals surface area contributed by atoms with E-state index in [1.807, 2.05) is 0 Å². The lowest BCUT2D eigenvalue weighted by molar-refractivity contribution is -0.274. The number of carbonyl (C=O) groups excluding carboxylic acids is 1. The third-order valence-electron chi connectivity index (χ3n) is 4.08. The Morgan fingerprint density at radius 2 is 1.97 bits per heavy atom. The molecule has 8 nitrogen and oxygen atoms in total. The van der Waals surface area contributed by atoms with Gasteiger partial charge in [0, 0.05) is 31.5 Å². The lowest BCUT2D eigenvalue weighted by Gasteiger charge is -2.26. The van der Waals surface area contributed by atoms with Crippen molar-refractivity contribution in [3.05, 3.63) is 41.7 Å². The zero-order chi connectivity index (χ0) is 21.6. The molecule has 1 fully saturated rings. The SMILES string of the molecule is CCOc1cc(CNc2ncc(C(=O)N3CCCOC3)cn2)cc(OC(F)(F)F)c1. The molecular formula is C19H21F3N4O4. The van der Waals surface area contributed by atoms with Gasteiger partial charge in [0.05, 0.1) is 18.8 Å². The summed E-state index contributed by atoms with van der Waals surface area (Å²) in [5.74, 6) is -0.126. The average molecular weight is 426 g/mol. The number of alkyl halides is 3. The Hall–Kier alpha value is -3.08. The minimum absolute atomic E-state index is 0.127. The second-order valence-electron chi connectivity index (χ2n) is 6.40. The molecule has 1 aliphatic heterocycles. The molecule has 1 saturated heterocycles. The molecule has 2 heterocycles. The van der Waals surface area contributed by atoms with Gasteiger partial charge in [-0.3, -0.25) is 4.79 Å². The molecule has 1 aliphatic rings. The standard InChI is InChI=1S/C19H21F3N4O4/c1-2-29-15-6-13(7-16(8-15)30-19(20,21)22)9-23-18-24-10-14(11-25-18)17(27)26-4-3-5-28-12-26/h6-8,10-11H,2-5,9,12H2,1H3,(H,23,24,25). The van der Waals surface area contributed by atoms with Crippen molar-refractivity contribution < 1.29 is 32.2 Å². The molecule has 1 aromatic carbocycles. The molecule has 0 unspecified atom stereocenters. The molecule has 0 bridgehead atoms. The molecule has 162 valence electrons. The highest BCUT2D eigenvalue weighted by molar-refractivity contribution is 5.93. The highest BCUT2D eigenvalue weighted by atomic mass is 19.4. The van der Waals surface area contributed by atoms with Crippen molar-refractivity contribution in [2.75, 3.05) is 31.8 Å². The van der Waals surface area contributed by atoms with Crippen LogP contribution in [0, 0.1) is 0 Å². The molecule has 0 spiro atoms. The van der Waals surface area contributed by atoms with Gasteiger partial charge in [-0.1, -0.05) is 0 Å². The summed E-state index contributed by atoms with van der Waals surface area (Å²) >= 11 is 0. The summed E-state index contributed by atoms with van der Waals surface area (Å²) in [5, 5.41) is 2.90. The molecule has 1 amide bonds. The zero-order valence-corrected chi connectivity index (χ0v) is 16.2. The first-order valence-corrected chi connectivity index (χ1v) is 9.29. The Kier molecular flexibility index (Phi) is 6.93. The zero-order valence-electron chi connectivity index (χ0n) is 16.2. The van der Waals surface area contributed by atoms with Crippen LogP contribution in [0.1, 0.15) is 29.3 Å². The van der Waals surface area contributed by atoms with Gasteiger partial charge in [0.25, 0.3) is 5.91 Å². The Morgan fingerprint density at radius 1 is 1.23 bits per heavy atom. The minimum atomic E-state index is -4.81. The highest BCUT2D eigenvalue weighted by Crippen LogP contribution is 2.28. The maximum absolute atomic E-state index is 12.5. The fourth-order valence-electron chi connectivity index (χ4n) is 2.83. The van der Waals surface area contributed by atoms with Crippen molar-refractivity contribution in [3.63, 3.8) is 0 Å². The number of carbonyl (C=O) groups is 1. The molecule has 2 aromatic rings. The molecule has 1 aromatic heterocycles. The van der Waals surface area contributed by atoms with E-state index in [1.54, 1.807) is 17.9 Å². The normalized spacial score (nSPS) is 14.3. The number of hydrogen-bond donors (Lipinski definition) is 1. The number of ether oxygens (including phenoxy) is 3. The lowest BCUT2D eigenvalue weighted by Crippen LogP contribution is -2.38. The van der Waals surface area contributed by atoms with E-state index in [4.69, 9.17) is 9.47 Å². The minimum Gasteiger partial charge on any atom is -0.494 e. The number of aromatic nitrogens is 2.